The molecule has 116 valence electrons. The van der Waals surface area contributed by atoms with E-state index in [1.54, 1.807) is 0 Å². The van der Waals surface area contributed by atoms with Gasteiger partial charge in [0.1, 0.15) is 0 Å². The van der Waals surface area contributed by atoms with Crippen LogP contribution in [0.15, 0.2) is 48.5 Å². The van der Waals surface area contributed by atoms with Crippen LogP contribution in [-0.2, 0) is 13.0 Å². The molecule has 0 atom stereocenters. The van der Waals surface area contributed by atoms with Crippen LogP contribution in [0.1, 0.15) is 30.9 Å². The van der Waals surface area contributed by atoms with E-state index in [1.165, 1.54) is 18.4 Å². The van der Waals surface area contributed by atoms with Crippen LogP contribution >= 0.6 is 11.6 Å². The average molecular weight is 317 g/mol. The molecule has 0 aliphatic carbocycles. The lowest BCUT2D eigenvalue weighted by molar-refractivity contribution is 0.251. The third-order valence-electron chi connectivity index (χ3n) is 3.40. The van der Waals surface area contributed by atoms with E-state index in [9.17, 15) is 4.79 Å². The maximum absolute atomic E-state index is 11.9. The van der Waals surface area contributed by atoms with E-state index in [0.717, 1.165) is 17.7 Å². The summed E-state index contributed by atoms with van der Waals surface area (Å²) in [6.45, 7) is 2.65. The quantitative estimate of drug-likeness (QED) is 0.773. The molecule has 2 aromatic rings. The Labute approximate surface area is 136 Å². The summed E-state index contributed by atoms with van der Waals surface area (Å²) >= 11 is 5.83. The minimum atomic E-state index is -0.212. The molecule has 3 nitrogen and oxygen atoms in total. The van der Waals surface area contributed by atoms with Gasteiger partial charge < -0.3 is 10.6 Å². The molecule has 0 fully saturated rings. The van der Waals surface area contributed by atoms with Gasteiger partial charge in [-0.2, -0.15) is 0 Å². The number of halogens is 1. The average Bonchev–Trinajstić information content (AvgIpc) is 2.54. The van der Waals surface area contributed by atoms with Crippen LogP contribution in [0.2, 0.25) is 5.02 Å². The van der Waals surface area contributed by atoms with Crippen molar-refractivity contribution >= 4 is 23.3 Å². The number of benzene rings is 2. The van der Waals surface area contributed by atoms with Gasteiger partial charge in [-0.25, -0.2) is 4.79 Å². The van der Waals surface area contributed by atoms with Crippen molar-refractivity contribution in [1.82, 2.24) is 5.32 Å². The van der Waals surface area contributed by atoms with Crippen molar-refractivity contribution in [3.63, 3.8) is 0 Å². The summed E-state index contributed by atoms with van der Waals surface area (Å²) in [7, 11) is 0. The second-order valence-electron chi connectivity index (χ2n) is 5.23. The number of aryl methyl sites for hydroxylation is 1. The van der Waals surface area contributed by atoms with Crippen LogP contribution in [0.5, 0.6) is 0 Å². The molecule has 0 saturated carbocycles. The molecular weight excluding hydrogens is 296 g/mol. The fourth-order valence-corrected chi connectivity index (χ4v) is 2.22. The first-order chi connectivity index (χ1) is 10.7. The lowest BCUT2D eigenvalue weighted by atomic mass is 10.1. The lowest BCUT2D eigenvalue weighted by Crippen LogP contribution is -2.28. The Morgan fingerprint density at radius 1 is 1.00 bits per heavy atom. The topological polar surface area (TPSA) is 41.1 Å². The predicted molar refractivity (Wildman–Crippen MR) is 92.4 cm³/mol. The zero-order valence-electron chi connectivity index (χ0n) is 12.7. The highest BCUT2D eigenvalue weighted by Crippen LogP contribution is 2.12. The molecule has 0 aliphatic rings. The molecule has 2 rings (SSSR count). The van der Waals surface area contributed by atoms with E-state index >= 15 is 0 Å². The second-order valence-corrected chi connectivity index (χ2v) is 5.67. The molecule has 2 N–H and O–H groups in total. The Hall–Kier alpha value is -2.00. The van der Waals surface area contributed by atoms with Crippen LogP contribution in [0.25, 0.3) is 0 Å². The van der Waals surface area contributed by atoms with Gasteiger partial charge in [-0.3, -0.25) is 0 Å². The molecule has 22 heavy (non-hydrogen) atoms. The van der Waals surface area contributed by atoms with E-state index in [2.05, 4.69) is 29.7 Å². The molecule has 0 aromatic heterocycles. The number of carbonyl (C=O) groups excluding carboxylic acids is 1. The summed E-state index contributed by atoms with van der Waals surface area (Å²) in [4.78, 5) is 11.9. The fourth-order valence-electron chi connectivity index (χ4n) is 2.10. The molecule has 0 spiro atoms. The number of hydrogen-bond acceptors (Lipinski definition) is 1. The van der Waals surface area contributed by atoms with Crippen molar-refractivity contribution in [3.05, 3.63) is 64.7 Å². The van der Waals surface area contributed by atoms with Gasteiger partial charge in [0.2, 0.25) is 0 Å². The van der Waals surface area contributed by atoms with Gasteiger partial charge in [0.25, 0.3) is 0 Å². The lowest BCUT2D eigenvalue weighted by Gasteiger charge is -2.08. The Morgan fingerprint density at radius 3 is 2.27 bits per heavy atom. The predicted octanol–water partition coefficient (Wildman–Crippen LogP) is 5.00. The number of nitrogens with one attached hydrogen (secondary N) is 2. The number of amides is 2. The molecule has 2 amide bonds. The number of unbranched alkanes of at least 4 members (excludes halogenated alkanes) is 1. The van der Waals surface area contributed by atoms with Crippen molar-refractivity contribution in [3.8, 4) is 0 Å². The number of anilines is 1. The zero-order chi connectivity index (χ0) is 15.8. The number of rotatable bonds is 6. The summed E-state index contributed by atoms with van der Waals surface area (Å²) in [6.07, 6.45) is 3.46. The SMILES string of the molecule is CCCCc1ccc(NC(=O)NCc2ccc(Cl)cc2)cc1. The summed E-state index contributed by atoms with van der Waals surface area (Å²) in [5.41, 5.74) is 3.11. The first-order valence-electron chi connectivity index (χ1n) is 7.55. The molecule has 0 unspecified atom stereocenters. The Balaban J connectivity index is 1.80. The van der Waals surface area contributed by atoms with Gasteiger partial charge in [0, 0.05) is 17.3 Å². The fraction of sp³-hybridized carbons (Fsp3) is 0.278. The van der Waals surface area contributed by atoms with Crippen molar-refractivity contribution in [2.45, 2.75) is 32.7 Å². The van der Waals surface area contributed by atoms with Crippen molar-refractivity contribution < 1.29 is 4.79 Å². The maximum atomic E-state index is 11.9. The van der Waals surface area contributed by atoms with E-state index in [-0.39, 0.29) is 6.03 Å². The molecule has 0 heterocycles. The number of hydrogen-bond donors (Lipinski definition) is 2. The van der Waals surface area contributed by atoms with Gasteiger partial charge >= 0.3 is 6.03 Å². The highest BCUT2D eigenvalue weighted by atomic mass is 35.5. The third-order valence-corrected chi connectivity index (χ3v) is 3.65. The Kier molecular flexibility index (Phi) is 6.28. The normalized spacial score (nSPS) is 10.3. The highest BCUT2D eigenvalue weighted by Gasteiger charge is 2.02. The van der Waals surface area contributed by atoms with E-state index in [4.69, 9.17) is 11.6 Å². The zero-order valence-corrected chi connectivity index (χ0v) is 13.5. The van der Waals surface area contributed by atoms with Crippen LogP contribution in [-0.4, -0.2) is 6.03 Å². The first kappa shape index (κ1) is 16.4. The summed E-state index contributed by atoms with van der Waals surface area (Å²) in [5.74, 6) is 0. The van der Waals surface area contributed by atoms with E-state index < -0.39 is 0 Å². The Bertz CT molecular complexity index is 593. The molecule has 0 aliphatic heterocycles. The standard InChI is InChI=1S/C18H21ClN2O/c1-2-3-4-14-7-11-17(12-8-14)21-18(22)20-13-15-5-9-16(19)10-6-15/h5-12H,2-4,13H2,1H3,(H2,20,21,22). The molecule has 0 saturated heterocycles. The third kappa shape index (κ3) is 5.41. The van der Waals surface area contributed by atoms with Crippen molar-refractivity contribution in [2.24, 2.45) is 0 Å². The van der Waals surface area contributed by atoms with Crippen molar-refractivity contribution in [1.29, 1.82) is 0 Å². The van der Waals surface area contributed by atoms with Crippen LogP contribution < -0.4 is 10.6 Å². The van der Waals surface area contributed by atoms with Crippen LogP contribution in [0.3, 0.4) is 0 Å². The van der Waals surface area contributed by atoms with Crippen molar-refractivity contribution in [2.75, 3.05) is 5.32 Å². The summed E-state index contributed by atoms with van der Waals surface area (Å²) < 4.78 is 0. The summed E-state index contributed by atoms with van der Waals surface area (Å²) in [5, 5.41) is 6.34. The highest BCUT2D eigenvalue weighted by molar-refractivity contribution is 6.30. The van der Waals surface area contributed by atoms with Crippen LogP contribution in [0, 0.1) is 0 Å². The number of urea groups is 1. The number of carbonyl (C=O) groups is 1. The minimum absolute atomic E-state index is 0.212. The van der Waals surface area contributed by atoms with E-state index in [1.807, 2.05) is 36.4 Å². The van der Waals surface area contributed by atoms with Gasteiger partial charge in [0.15, 0.2) is 0 Å². The maximum Gasteiger partial charge on any atom is 0.319 e. The summed E-state index contributed by atoms with van der Waals surface area (Å²) in [6, 6.07) is 15.2. The molecule has 0 bridgehead atoms. The van der Waals surface area contributed by atoms with Gasteiger partial charge in [0.05, 0.1) is 0 Å². The van der Waals surface area contributed by atoms with Crippen LogP contribution in [0.4, 0.5) is 10.5 Å². The molecular formula is C18H21ClN2O. The second kappa shape index (κ2) is 8.44. The van der Waals surface area contributed by atoms with Gasteiger partial charge in [-0.15, -0.1) is 0 Å². The molecule has 0 radical (unpaired) electrons. The van der Waals surface area contributed by atoms with Gasteiger partial charge in [-0.1, -0.05) is 49.2 Å². The minimum Gasteiger partial charge on any atom is -0.334 e. The monoisotopic (exact) mass is 316 g/mol. The first-order valence-corrected chi connectivity index (χ1v) is 7.93. The molecule has 2 aromatic carbocycles. The Morgan fingerprint density at radius 2 is 1.64 bits per heavy atom. The largest absolute Gasteiger partial charge is 0.334 e. The smallest absolute Gasteiger partial charge is 0.319 e. The van der Waals surface area contributed by atoms with Gasteiger partial charge in [-0.05, 0) is 48.2 Å². The van der Waals surface area contributed by atoms with E-state index in [0.29, 0.717) is 11.6 Å². The molecule has 4 heteroatoms.